The van der Waals surface area contributed by atoms with Gasteiger partial charge in [0.25, 0.3) is 0 Å². The summed E-state index contributed by atoms with van der Waals surface area (Å²) in [5, 5.41) is 8.26. The molecule has 0 aliphatic rings. The Morgan fingerprint density at radius 3 is 2.64 bits per heavy atom. The van der Waals surface area contributed by atoms with Gasteiger partial charge in [0.15, 0.2) is 5.75 Å². The van der Waals surface area contributed by atoms with Gasteiger partial charge in [-0.3, -0.25) is 0 Å². The summed E-state index contributed by atoms with van der Waals surface area (Å²) < 4.78 is 24.8. The van der Waals surface area contributed by atoms with Gasteiger partial charge in [-0.25, -0.2) is 13.1 Å². The lowest BCUT2D eigenvalue weighted by atomic mass is 10.1. The first-order valence-corrected chi connectivity index (χ1v) is 6.28. The second kappa shape index (κ2) is 6.76. The monoisotopic (exact) mass is 219 g/mol. The van der Waals surface area contributed by atoms with Crippen molar-refractivity contribution in [2.24, 2.45) is 5.73 Å². The van der Waals surface area contributed by atoms with Gasteiger partial charge in [-0.15, -0.1) is 0 Å². The van der Waals surface area contributed by atoms with Crippen molar-refractivity contribution >= 4 is 10.0 Å². The number of unbranched alkanes of at least 4 members (excludes halogenated alkanes) is 1. The van der Waals surface area contributed by atoms with Crippen molar-refractivity contribution in [1.29, 1.82) is 5.26 Å². The second-order valence-corrected chi connectivity index (χ2v) is 4.86. The maximum atomic E-state index is 11.2. The number of hydrogen-bond donors (Lipinski definition) is 2. The van der Waals surface area contributed by atoms with Crippen LogP contribution in [-0.4, -0.2) is 26.8 Å². The van der Waals surface area contributed by atoms with E-state index in [1.165, 1.54) is 0 Å². The fraction of sp³-hybridized carbons (Fsp3) is 0.875. The molecule has 82 valence electrons. The average Bonchev–Trinajstić information content (AvgIpc) is 2.12. The molecule has 1 unspecified atom stereocenters. The van der Waals surface area contributed by atoms with Crippen LogP contribution in [0.2, 0.25) is 0 Å². The van der Waals surface area contributed by atoms with Gasteiger partial charge in [-0.05, 0) is 6.42 Å². The van der Waals surface area contributed by atoms with E-state index < -0.39 is 15.8 Å². The van der Waals surface area contributed by atoms with Crippen LogP contribution in [0.25, 0.3) is 0 Å². The first kappa shape index (κ1) is 13.4. The molecule has 0 spiro atoms. The molecule has 0 fully saturated rings. The molecule has 3 N–H and O–H groups in total. The molecule has 0 aliphatic carbocycles. The minimum atomic E-state index is -3.46. The molecule has 0 aromatic rings. The van der Waals surface area contributed by atoms with Gasteiger partial charge in [-0.2, -0.15) is 5.26 Å². The van der Waals surface area contributed by atoms with Crippen LogP contribution in [0, 0.1) is 11.3 Å². The molecule has 0 saturated heterocycles. The smallest absolute Gasteiger partial charge is 0.225 e. The molecule has 1 atom stereocenters. The molecule has 0 heterocycles. The van der Waals surface area contributed by atoms with Gasteiger partial charge in [0.2, 0.25) is 10.0 Å². The number of hydrogen-bond acceptors (Lipinski definition) is 4. The van der Waals surface area contributed by atoms with E-state index in [4.69, 9.17) is 11.0 Å². The van der Waals surface area contributed by atoms with E-state index in [2.05, 4.69) is 4.72 Å². The van der Waals surface area contributed by atoms with Gasteiger partial charge >= 0.3 is 0 Å². The summed E-state index contributed by atoms with van der Waals surface area (Å²) >= 11 is 0. The molecule has 0 bridgehead atoms. The van der Waals surface area contributed by atoms with E-state index in [1.807, 2.05) is 6.92 Å². The SMILES string of the molecule is CCCCC(CN)NS(=O)(=O)CC#N. The van der Waals surface area contributed by atoms with Crippen molar-refractivity contribution in [3.63, 3.8) is 0 Å². The van der Waals surface area contributed by atoms with Gasteiger partial charge in [0.05, 0.1) is 6.07 Å². The van der Waals surface area contributed by atoms with Crippen molar-refractivity contribution in [2.45, 2.75) is 32.2 Å². The average molecular weight is 219 g/mol. The Kier molecular flexibility index (Phi) is 6.45. The van der Waals surface area contributed by atoms with Crippen molar-refractivity contribution in [1.82, 2.24) is 4.72 Å². The minimum Gasteiger partial charge on any atom is -0.329 e. The minimum absolute atomic E-state index is 0.242. The van der Waals surface area contributed by atoms with Gasteiger partial charge in [-0.1, -0.05) is 19.8 Å². The van der Waals surface area contributed by atoms with Crippen LogP contribution < -0.4 is 10.5 Å². The van der Waals surface area contributed by atoms with E-state index in [0.29, 0.717) is 0 Å². The normalized spacial score (nSPS) is 13.5. The Balaban J connectivity index is 4.11. The lowest BCUT2D eigenvalue weighted by molar-refractivity contribution is 0.518. The zero-order valence-corrected chi connectivity index (χ0v) is 9.18. The standard InChI is InChI=1S/C8H17N3O2S/c1-2-3-4-8(7-10)11-14(12,13)6-5-9/h8,11H,2-4,6-7,10H2,1H3. The topological polar surface area (TPSA) is 96.0 Å². The third kappa shape index (κ3) is 5.91. The Morgan fingerprint density at radius 2 is 2.21 bits per heavy atom. The Hall–Kier alpha value is -0.640. The van der Waals surface area contributed by atoms with E-state index in [9.17, 15) is 8.42 Å². The molecular formula is C8H17N3O2S. The molecule has 6 heteroatoms. The molecule has 0 amide bonds. The van der Waals surface area contributed by atoms with Crippen LogP contribution in [0.15, 0.2) is 0 Å². The van der Waals surface area contributed by atoms with Crippen molar-refractivity contribution in [2.75, 3.05) is 12.3 Å². The van der Waals surface area contributed by atoms with Crippen molar-refractivity contribution in [3.05, 3.63) is 0 Å². The predicted octanol–water partition coefficient (Wildman–Crippen LogP) is -0.0531. The highest BCUT2D eigenvalue weighted by Crippen LogP contribution is 2.00. The summed E-state index contributed by atoms with van der Waals surface area (Å²) in [7, 11) is -3.46. The highest BCUT2D eigenvalue weighted by atomic mass is 32.2. The third-order valence-electron chi connectivity index (χ3n) is 1.79. The van der Waals surface area contributed by atoms with Crippen LogP contribution in [0.4, 0.5) is 0 Å². The Labute approximate surface area is 85.3 Å². The highest BCUT2D eigenvalue weighted by Gasteiger charge is 2.15. The zero-order chi connectivity index (χ0) is 11.0. The second-order valence-electron chi connectivity index (χ2n) is 3.11. The first-order chi connectivity index (χ1) is 6.55. The van der Waals surface area contributed by atoms with Gasteiger partial charge < -0.3 is 5.73 Å². The van der Waals surface area contributed by atoms with Gasteiger partial charge in [0.1, 0.15) is 0 Å². The Morgan fingerprint density at radius 1 is 1.57 bits per heavy atom. The van der Waals surface area contributed by atoms with Crippen LogP contribution in [-0.2, 0) is 10.0 Å². The largest absolute Gasteiger partial charge is 0.329 e. The summed E-state index contributed by atoms with van der Waals surface area (Å²) in [6.45, 7) is 2.29. The molecule has 0 aliphatic heterocycles. The number of nitriles is 1. The Bertz CT molecular complexity index is 281. The molecule has 0 aromatic heterocycles. The number of nitrogens with zero attached hydrogens (tertiary/aromatic N) is 1. The number of sulfonamides is 1. The molecule has 0 aromatic carbocycles. The number of nitrogens with two attached hydrogens (primary N) is 1. The zero-order valence-electron chi connectivity index (χ0n) is 8.36. The van der Waals surface area contributed by atoms with Crippen LogP contribution in [0.5, 0.6) is 0 Å². The molecule has 0 rings (SSSR count). The van der Waals surface area contributed by atoms with Crippen LogP contribution in [0.1, 0.15) is 26.2 Å². The summed E-state index contributed by atoms with van der Waals surface area (Å²) in [6, 6.07) is 1.36. The fourth-order valence-electron chi connectivity index (χ4n) is 1.06. The number of rotatable bonds is 7. The number of nitrogens with one attached hydrogen (secondary N) is 1. The highest BCUT2D eigenvalue weighted by molar-refractivity contribution is 7.89. The third-order valence-corrected chi connectivity index (χ3v) is 2.99. The molecule has 5 nitrogen and oxygen atoms in total. The maximum Gasteiger partial charge on any atom is 0.225 e. The van der Waals surface area contributed by atoms with Crippen LogP contribution >= 0.6 is 0 Å². The summed E-state index contributed by atoms with van der Waals surface area (Å²) in [5.74, 6) is -0.504. The first-order valence-electron chi connectivity index (χ1n) is 4.62. The molecule has 0 saturated carbocycles. The molecular weight excluding hydrogens is 202 g/mol. The lowest BCUT2D eigenvalue weighted by Crippen LogP contribution is -2.41. The van der Waals surface area contributed by atoms with E-state index in [-0.39, 0.29) is 12.6 Å². The van der Waals surface area contributed by atoms with Crippen molar-refractivity contribution < 1.29 is 8.42 Å². The van der Waals surface area contributed by atoms with E-state index >= 15 is 0 Å². The molecule has 14 heavy (non-hydrogen) atoms. The fourth-order valence-corrected chi connectivity index (χ4v) is 2.03. The summed E-state index contributed by atoms with van der Waals surface area (Å²) in [5.41, 5.74) is 5.41. The predicted molar refractivity (Wildman–Crippen MR) is 54.9 cm³/mol. The van der Waals surface area contributed by atoms with Crippen molar-refractivity contribution in [3.8, 4) is 6.07 Å². The maximum absolute atomic E-state index is 11.2. The quantitative estimate of drug-likeness (QED) is 0.627. The lowest BCUT2D eigenvalue weighted by Gasteiger charge is -2.14. The van der Waals surface area contributed by atoms with E-state index in [0.717, 1.165) is 19.3 Å². The van der Waals surface area contributed by atoms with Gasteiger partial charge in [0, 0.05) is 12.6 Å². The van der Waals surface area contributed by atoms with Crippen LogP contribution in [0.3, 0.4) is 0 Å². The van der Waals surface area contributed by atoms with E-state index in [1.54, 1.807) is 6.07 Å². The molecule has 0 radical (unpaired) electrons. The summed E-state index contributed by atoms with van der Waals surface area (Å²) in [6.07, 6.45) is 2.64. The summed E-state index contributed by atoms with van der Waals surface area (Å²) in [4.78, 5) is 0.